The van der Waals surface area contributed by atoms with Crippen LogP contribution in [0.5, 0.6) is 0 Å². The predicted molar refractivity (Wildman–Crippen MR) is 94.6 cm³/mol. The smallest absolute Gasteiger partial charge is 0.352 e. The van der Waals surface area contributed by atoms with Gasteiger partial charge in [0.05, 0.1) is 6.54 Å². The van der Waals surface area contributed by atoms with Gasteiger partial charge in [0.15, 0.2) is 0 Å². The van der Waals surface area contributed by atoms with Crippen molar-refractivity contribution in [3.63, 3.8) is 0 Å². The third kappa shape index (κ3) is 2.67. The van der Waals surface area contributed by atoms with Crippen molar-refractivity contribution < 1.29 is 9.90 Å². The second-order valence-corrected chi connectivity index (χ2v) is 5.97. The van der Waals surface area contributed by atoms with Crippen LogP contribution in [0.15, 0.2) is 55.1 Å². The van der Waals surface area contributed by atoms with Gasteiger partial charge in [0.25, 0.3) is 0 Å². The zero-order valence-corrected chi connectivity index (χ0v) is 13.6. The Hall–Kier alpha value is -3.41. The lowest BCUT2D eigenvalue weighted by Gasteiger charge is -2.05. The number of carboxylic acids is 1. The molecular formula is C19H16N4O2. The van der Waals surface area contributed by atoms with Gasteiger partial charge in [-0.1, -0.05) is 42.5 Å². The first-order chi connectivity index (χ1) is 12.1. The molecule has 0 saturated carbocycles. The molecule has 4 rings (SSSR count). The van der Waals surface area contributed by atoms with Crippen LogP contribution in [0.25, 0.3) is 22.0 Å². The summed E-state index contributed by atoms with van der Waals surface area (Å²) in [6, 6.07) is 13.7. The number of hydrogen-bond acceptors (Lipinski definition) is 3. The first-order valence-electron chi connectivity index (χ1n) is 7.90. The van der Waals surface area contributed by atoms with Crippen LogP contribution in [0.1, 0.15) is 21.6 Å². The number of aromatic amines is 1. The highest BCUT2D eigenvalue weighted by Crippen LogP contribution is 2.34. The second kappa shape index (κ2) is 5.90. The summed E-state index contributed by atoms with van der Waals surface area (Å²) in [5.74, 6) is -0.961. The average Bonchev–Trinajstić information content (AvgIpc) is 3.24. The number of carboxylic acid groups (broad SMARTS) is 1. The number of aromatic nitrogens is 4. The van der Waals surface area contributed by atoms with Gasteiger partial charge in [-0.3, -0.25) is 0 Å². The summed E-state index contributed by atoms with van der Waals surface area (Å²) in [6.45, 7) is 2.59. The Labute approximate surface area is 143 Å². The molecule has 0 aliphatic carbocycles. The second-order valence-electron chi connectivity index (χ2n) is 5.97. The molecule has 0 aliphatic rings. The van der Waals surface area contributed by atoms with Crippen molar-refractivity contribution in [2.45, 2.75) is 13.5 Å². The number of aromatic carboxylic acids is 1. The monoisotopic (exact) mass is 332 g/mol. The molecule has 0 saturated heterocycles. The molecule has 25 heavy (non-hydrogen) atoms. The highest BCUT2D eigenvalue weighted by Gasteiger charge is 2.19. The van der Waals surface area contributed by atoms with E-state index in [0.717, 1.165) is 33.2 Å². The van der Waals surface area contributed by atoms with Gasteiger partial charge < -0.3 is 10.1 Å². The number of H-pyrrole nitrogens is 1. The molecule has 124 valence electrons. The van der Waals surface area contributed by atoms with Crippen LogP contribution < -0.4 is 0 Å². The molecule has 0 atom stereocenters. The Morgan fingerprint density at radius 1 is 1.20 bits per heavy atom. The SMILES string of the molecule is Cc1cccc2c(-c3ccc(Cn4cncn4)cc3)c(C(=O)O)[nH]c12. The van der Waals surface area contributed by atoms with E-state index in [9.17, 15) is 9.90 Å². The molecule has 4 aromatic rings. The van der Waals surface area contributed by atoms with Crippen molar-refractivity contribution in [3.05, 3.63) is 71.9 Å². The lowest BCUT2D eigenvalue weighted by Crippen LogP contribution is -2.00. The van der Waals surface area contributed by atoms with E-state index < -0.39 is 5.97 Å². The molecule has 0 unspecified atom stereocenters. The normalized spacial score (nSPS) is 11.1. The minimum atomic E-state index is -0.961. The molecule has 0 fully saturated rings. The Kier molecular flexibility index (Phi) is 3.57. The summed E-state index contributed by atoms with van der Waals surface area (Å²) >= 11 is 0. The van der Waals surface area contributed by atoms with Crippen molar-refractivity contribution >= 4 is 16.9 Å². The van der Waals surface area contributed by atoms with Gasteiger partial charge in [-0.05, 0) is 23.6 Å². The molecule has 2 N–H and O–H groups in total. The standard InChI is InChI=1S/C19H16N4O2/c1-12-3-2-4-15-16(18(19(24)25)22-17(12)15)14-7-5-13(6-8-14)9-23-11-20-10-21-23/h2-8,10-11,22H,9H2,1H3,(H,24,25). The van der Waals surface area contributed by atoms with E-state index in [1.54, 1.807) is 11.0 Å². The molecule has 2 aromatic heterocycles. The number of rotatable bonds is 4. The van der Waals surface area contributed by atoms with Crippen LogP contribution in [-0.4, -0.2) is 30.8 Å². The highest BCUT2D eigenvalue weighted by molar-refractivity contribution is 6.08. The molecule has 2 heterocycles. The highest BCUT2D eigenvalue weighted by atomic mass is 16.4. The summed E-state index contributed by atoms with van der Waals surface area (Å²) < 4.78 is 1.74. The molecule has 6 heteroatoms. The first kappa shape index (κ1) is 15.1. The van der Waals surface area contributed by atoms with Crippen molar-refractivity contribution in [2.24, 2.45) is 0 Å². The van der Waals surface area contributed by atoms with Crippen LogP contribution in [0.3, 0.4) is 0 Å². The minimum Gasteiger partial charge on any atom is -0.477 e. The van der Waals surface area contributed by atoms with Gasteiger partial charge in [-0.25, -0.2) is 14.5 Å². The third-order valence-electron chi connectivity index (χ3n) is 4.31. The van der Waals surface area contributed by atoms with Crippen molar-refractivity contribution in [1.29, 1.82) is 0 Å². The number of carbonyl (C=O) groups is 1. The zero-order valence-electron chi connectivity index (χ0n) is 13.6. The van der Waals surface area contributed by atoms with Crippen molar-refractivity contribution in [2.75, 3.05) is 0 Å². The van der Waals surface area contributed by atoms with Gasteiger partial charge in [-0.15, -0.1) is 0 Å². The van der Waals surface area contributed by atoms with Crippen LogP contribution in [0, 0.1) is 6.92 Å². The van der Waals surface area contributed by atoms with Gasteiger partial charge in [0.1, 0.15) is 18.3 Å². The molecule has 0 bridgehead atoms. The maximum absolute atomic E-state index is 11.7. The lowest BCUT2D eigenvalue weighted by atomic mass is 9.99. The Balaban J connectivity index is 1.80. The summed E-state index contributed by atoms with van der Waals surface area (Å²) in [5.41, 5.74) is 4.77. The number of aryl methyl sites for hydroxylation is 1. The fraction of sp³-hybridized carbons (Fsp3) is 0.105. The fourth-order valence-corrected chi connectivity index (χ4v) is 3.10. The minimum absolute atomic E-state index is 0.216. The molecule has 0 spiro atoms. The average molecular weight is 332 g/mol. The van der Waals surface area contributed by atoms with E-state index in [4.69, 9.17) is 0 Å². The molecule has 0 radical (unpaired) electrons. The Morgan fingerprint density at radius 2 is 2.00 bits per heavy atom. The number of nitrogens with one attached hydrogen (secondary N) is 1. The maximum atomic E-state index is 11.7. The molecular weight excluding hydrogens is 316 g/mol. The predicted octanol–water partition coefficient (Wildman–Crippen LogP) is 3.48. The van der Waals surface area contributed by atoms with E-state index in [1.165, 1.54) is 6.33 Å². The number of fused-ring (bicyclic) bond motifs is 1. The van der Waals surface area contributed by atoms with Gasteiger partial charge in [0.2, 0.25) is 0 Å². The van der Waals surface area contributed by atoms with Crippen LogP contribution in [0.2, 0.25) is 0 Å². The molecule has 0 amide bonds. The van der Waals surface area contributed by atoms with Gasteiger partial charge in [0, 0.05) is 16.5 Å². The van der Waals surface area contributed by atoms with Crippen molar-refractivity contribution in [3.8, 4) is 11.1 Å². The number of hydrogen-bond donors (Lipinski definition) is 2. The topological polar surface area (TPSA) is 83.8 Å². The van der Waals surface area contributed by atoms with Gasteiger partial charge >= 0.3 is 5.97 Å². The maximum Gasteiger partial charge on any atom is 0.352 e. The summed E-state index contributed by atoms with van der Waals surface area (Å²) in [5, 5.41) is 14.6. The summed E-state index contributed by atoms with van der Waals surface area (Å²) in [7, 11) is 0. The summed E-state index contributed by atoms with van der Waals surface area (Å²) in [4.78, 5) is 18.7. The van der Waals surface area contributed by atoms with E-state index in [2.05, 4.69) is 15.1 Å². The lowest BCUT2D eigenvalue weighted by molar-refractivity contribution is 0.0692. The van der Waals surface area contributed by atoms with E-state index in [0.29, 0.717) is 6.54 Å². The van der Waals surface area contributed by atoms with Crippen LogP contribution >= 0.6 is 0 Å². The number of para-hydroxylation sites is 1. The molecule has 2 aromatic carbocycles. The largest absolute Gasteiger partial charge is 0.477 e. The van der Waals surface area contributed by atoms with Crippen molar-refractivity contribution in [1.82, 2.24) is 19.7 Å². The van der Waals surface area contributed by atoms with Crippen LogP contribution in [-0.2, 0) is 6.54 Å². The quantitative estimate of drug-likeness (QED) is 0.599. The van der Waals surface area contributed by atoms with E-state index >= 15 is 0 Å². The number of benzene rings is 2. The van der Waals surface area contributed by atoms with Gasteiger partial charge in [-0.2, -0.15) is 5.10 Å². The summed E-state index contributed by atoms with van der Waals surface area (Å²) in [6.07, 6.45) is 3.17. The van der Waals surface area contributed by atoms with Crippen LogP contribution in [0.4, 0.5) is 0 Å². The fourth-order valence-electron chi connectivity index (χ4n) is 3.10. The number of nitrogens with zero attached hydrogens (tertiary/aromatic N) is 3. The first-order valence-corrected chi connectivity index (χ1v) is 7.90. The third-order valence-corrected chi connectivity index (χ3v) is 4.31. The Morgan fingerprint density at radius 3 is 2.68 bits per heavy atom. The Bertz CT molecular complexity index is 1050. The molecule has 6 nitrogen and oxygen atoms in total. The zero-order chi connectivity index (χ0) is 17.4. The molecule has 0 aliphatic heterocycles. The van der Waals surface area contributed by atoms with E-state index in [1.807, 2.05) is 49.4 Å². The van der Waals surface area contributed by atoms with E-state index in [-0.39, 0.29) is 5.69 Å².